The lowest BCUT2D eigenvalue weighted by Gasteiger charge is -2.38. The first-order valence-corrected chi connectivity index (χ1v) is 29.0. The topological polar surface area (TPSA) is 225 Å². The zero-order valence-corrected chi connectivity index (χ0v) is 46.2. The fourth-order valence-corrected chi connectivity index (χ4v) is 13.9. The lowest BCUT2D eigenvalue weighted by molar-refractivity contribution is -0.138. The Balaban J connectivity index is 0.866. The fraction of sp³-hybridized carbons (Fsp3) is 0.492. The third-order valence-electron chi connectivity index (χ3n) is 18.1. The molecule has 0 bridgehead atoms. The number of likely N-dealkylation sites (tertiary alicyclic amines) is 2. The van der Waals surface area contributed by atoms with Gasteiger partial charge in [0.25, 0.3) is 0 Å². The normalized spacial score (nSPS) is 22.6. The third-order valence-corrected chi connectivity index (χ3v) is 18.1. The predicted molar refractivity (Wildman–Crippen MR) is 296 cm³/mol. The van der Waals surface area contributed by atoms with Crippen LogP contribution in [-0.2, 0) is 25.2 Å². The van der Waals surface area contributed by atoms with Crippen molar-refractivity contribution < 1.29 is 69.6 Å². The van der Waals surface area contributed by atoms with Crippen LogP contribution in [0.25, 0.3) is 22.1 Å². The highest BCUT2D eigenvalue weighted by atomic mass is 19.4. The SMILES string of the molecule is O=C(O)NC(C(=O)N1CCCC1c1nc2cc(F)c([C@H]3CC[C@@H](c4cc5[nH]c(C6CCCN6C(=O)[C@@H](NC(=O)O)C6CCOCC6)nc5cc4F)N3c3cc(F)c(N4CCN(c5ccc(C(F)(F)F)cc5)CC4)c(F)c3)cc2[nH]1)C1CCOCC1. The van der Waals surface area contributed by atoms with Gasteiger partial charge in [0.1, 0.15) is 41.1 Å². The largest absolute Gasteiger partial charge is 0.465 e. The average Bonchev–Trinajstić information content (AvgIpc) is 3.99. The molecule has 0 spiro atoms. The fourth-order valence-electron chi connectivity index (χ4n) is 13.9. The molecule has 3 unspecified atom stereocenters. The van der Waals surface area contributed by atoms with Crippen molar-refractivity contribution in [1.29, 1.82) is 0 Å². The molecular formula is C59H64F7N11O8. The highest BCUT2D eigenvalue weighted by Gasteiger charge is 2.44. The maximum atomic E-state index is 17.1. The zero-order chi connectivity index (χ0) is 59.4. The Morgan fingerprint density at radius 1 is 0.541 bits per heavy atom. The number of alkyl halides is 3. The minimum absolute atomic E-state index is 0.0208. The Morgan fingerprint density at radius 2 is 0.976 bits per heavy atom. The first kappa shape index (κ1) is 57.6. The lowest BCUT2D eigenvalue weighted by atomic mass is 9.90. The van der Waals surface area contributed by atoms with Crippen LogP contribution in [0.5, 0.6) is 0 Å². The molecule has 0 radical (unpaired) electrons. The molecule has 6 fully saturated rings. The van der Waals surface area contributed by atoms with Crippen LogP contribution < -0.4 is 25.3 Å². The highest BCUT2D eigenvalue weighted by molar-refractivity contribution is 5.87. The average molecular weight is 1190 g/mol. The Bertz CT molecular complexity index is 3310. The zero-order valence-electron chi connectivity index (χ0n) is 46.2. The molecule has 4 amide bonds. The summed E-state index contributed by atoms with van der Waals surface area (Å²) in [5.74, 6) is -4.00. The van der Waals surface area contributed by atoms with Crippen molar-refractivity contribution in [2.24, 2.45) is 11.8 Å². The van der Waals surface area contributed by atoms with Gasteiger partial charge < -0.3 is 64.8 Å². The second-order valence-corrected chi connectivity index (χ2v) is 23.0. The highest BCUT2D eigenvalue weighted by Crippen LogP contribution is 2.50. The molecule has 8 heterocycles. The summed E-state index contributed by atoms with van der Waals surface area (Å²) in [4.78, 5) is 76.6. The number of rotatable bonds is 13. The Kier molecular flexibility index (Phi) is 15.9. The molecule has 4 aromatic carbocycles. The van der Waals surface area contributed by atoms with Crippen molar-refractivity contribution in [3.05, 3.63) is 112 Å². The van der Waals surface area contributed by atoms with Crippen LogP contribution in [0.15, 0.2) is 60.7 Å². The van der Waals surface area contributed by atoms with Gasteiger partial charge in [-0.05, 0) is 125 Å². The number of H-pyrrole nitrogens is 2. The number of fused-ring (bicyclic) bond motifs is 2. The lowest BCUT2D eigenvalue weighted by Crippen LogP contribution is -2.52. The van der Waals surface area contributed by atoms with Crippen LogP contribution in [-0.4, -0.2) is 142 Å². The Morgan fingerprint density at radius 3 is 1.40 bits per heavy atom. The summed E-state index contributed by atoms with van der Waals surface area (Å²) in [6, 6.07) is 7.38. The number of carboxylic acid groups (broad SMARTS) is 2. The second kappa shape index (κ2) is 23.5. The number of ether oxygens (including phenoxy) is 2. The molecule has 85 heavy (non-hydrogen) atoms. The number of nitrogens with one attached hydrogen (secondary N) is 4. The van der Waals surface area contributed by atoms with E-state index in [1.54, 1.807) is 26.8 Å². The van der Waals surface area contributed by atoms with Crippen molar-refractivity contribution in [2.45, 2.75) is 107 Å². The number of benzene rings is 4. The minimum Gasteiger partial charge on any atom is -0.465 e. The van der Waals surface area contributed by atoms with Gasteiger partial charge >= 0.3 is 18.4 Å². The number of hydrogen-bond acceptors (Lipinski definition) is 11. The van der Waals surface area contributed by atoms with Gasteiger partial charge in [0.05, 0.1) is 51.8 Å². The van der Waals surface area contributed by atoms with Crippen LogP contribution in [0.1, 0.15) is 117 Å². The molecule has 6 saturated heterocycles. The maximum absolute atomic E-state index is 17.1. The summed E-state index contributed by atoms with van der Waals surface area (Å²) >= 11 is 0. The summed E-state index contributed by atoms with van der Waals surface area (Å²) in [5.41, 5.74) is 0.792. The van der Waals surface area contributed by atoms with Crippen molar-refractivity contribution in [2.75, 3.05) is 80.4 Å². The number of anilines is 3. The summed E-state index contributed by atoms with van der Waals surface area (Å²) < 4.78 is 119. The number of halogens is 7. The van der Waals surface area contributed by atoms with E-state index in [9.17, 15) is 42.6 Å². The number of amides is 4. The van der Waals surface area contributed by atoms with Crippen molar-refractivity contribution in [3.63, 3.8) is 0 Å². The molecule has 6 aromatic rings. The Hall–Kier alpha value is -7.87. The number of carbonyl (C=O) groups is 4. The van der Waals surface area contributed by atoms with E-state index in [-0.39, 0.29) is 84.4 Å². The molecule has 6 atom stereocenters. The van der Waals surface area contributed by atoms with Gasteiger partial charge in [0, 0.05) is 100 Å². The van der Waals surface area contributed by atoms with Crippen LogP contribution in [0.2, 0.25) is 0 Å². The molecule has 0 saturated carbocycles. The summed E-state index contributed by atoms with van der Waals surface area (Å²) in [5, 5.41) is 24.4. The number of hydrogen-bond donors (Lipinski definition) is 6. The number of aromatic amines is 2. The van der Waals surface area contributed by atoms with Crippen LogP contribution >= 0.6 is 0 Å². The van der Waals surface area contributed by atoms with Gasteiger partial charge in [0.15, 0.2) is 11.6 Å². The Labute approximate surface area is 482 Å². The number of carbonyl (C=O) groups excluding carboxylic acids is 2. The standard InChI is InChI=1S/C59H64F7N11O8/c60-38-29-44-42(67-53(69-44)48-3-1-15-75(48)55(78)50(71-57(80)81)31-11-21-84-22-12-31)27-36(38)46-9-10-47(77(46)35-25-40(62)52(41(63)26-35)74-19-17-73(18-20-74)34-7-5-33(6-8-34)59(64,65)66)37-28-43-45(30-39(37)61)70-54(68-43)49-4-2-16-76(49)56(79)51(72-58(82)83)32-13-23-85-24-14-32/h5-8,25-32,46-51,71-72H,1-4,9-24H2,(H,67,69)(H,68,70)(H,80,81)(H,82,83)/t46-,47+,48?,49?,50-,51?/m0/s1. The predicted octanol–water partition coefficient (Wildman–Crippen LogP) is 9.88. The molecule has 19 nitrogen and oxygen atoms in total. The first-order valence-electron chi connectivity index (χ1n) is 29.0. The molecule has 0 aliphatic carbocycles. The van der Waals surface area contributed by atoms with E-state index in [1.807, 2.05) is 4.90 Å². The minimum atomic E-state index is -4.52. The van der Waals surface area contributed by atoms with E-state index < -0.39 is 95.3 Å². The van der Waals surface area contributed by atoms with E-state index in [4.69, 9.17) is 19.4 Å². The number of aromatic nitrogens is 4. The van der Waals surface area contributed by atoms with Crippen molar-refractivity contribution in [3.8, 4) is 0 Å². The summed E-state index contributed by atoms with van der Waals surface area (Å²) in [7, 11) is 0. The number of imidazole rings is 2. The summed E-state index contributed by atoms with van der Waals surface area (Å²) in [6.45, 7) is 2.90. The monoisotopic (exact) mass is 1190 g/mol. The smallest absolute Gasteiger partial charge is 0.416 e. The van der Waals surface area contributed by atoms with Gasteiger partial charge in [-0.15, -0.1) is 0 Å². The molecule has 12 rings (SSSR count). The summed E-state index contributed by atoms with van der Waals surface area (Å²) in [6.07, 6.45) is -2.73. The molecule has 6 aliphatic rings. The molecule has 6 N–H and O–H groups in total. The molecule has 6 aliphatic heterocycles. The van der Waals surface area contributed by atoms with Gasteiger partial charge in [-0.3, -0.25) is 9.59 Å². The maximum Gasteiger partial charge on any atom is 0.416 e. The van der Waals surface area contributed by atoms with Crippen molar-refractivity contribution in [1.82, 2.24) is 40.4 Å². The van der Waals surface area contributed by atoms with E-state index in [0.29, 0.717) is 119 Å². The van der Waals surface area contributed by atoms with Crippen LogP contribution in [0.3, 0.4) is 0 Å². The van der Waals surface area contributed by atoms with E-state index in [2.05, 4.69) is 20.6 Å². The van der Waals surface area contributed by atoms with E-state index >= 15 is 17.6 Å². The molecule has 452 valence electrons. The number of piperazine rings is 1. The number of nitrogens with zero attached hydrogens (tertiary/aromatic N) is 7. The molecule has 26 heteroatoms. The van der Waals surface area contributed by atoms with Crippen LogP contribution in [0, 0.1) is 35.1 Å². The van der Waals surface area contributed by atoms with Gasteiger partial charge in [-0.1, -0.05) is 0 Å². The van der Waals surface area contributed by atoms with E-state index in [0.717, 1.165) is 24.3 Å². The van der Waals surface area contributed by atoms with Gasteiger partial charge in [-0.25, -0.2) is 37.1 Å². The molecule has 2 aromatic heterocycles. The molecular weight excluding hydrogens is 1120 g/mol. The van der Waals surface area contributed by atoms with Gasteiger partial charge in [-0.2, -0.15) is 13.2 Å². The second-order valence-electron chi connectivity index (χ2n) is 23.0. The first-order chi connectivity index (χ1) is 40.9. The van der Waals surface area contributed by atoms with E-state index in [1.165, 1.54) is 29.2 Å². The van der Waals surface area contributed by atoms with Crippen molar-refractivity contribution >= 4 is 63.1 Å². The quantitative estimate of drug-likeness (QED) is 0.0593. The van der Waals surface area contributed by atoms with Crippen LogP contribution in [0.4, 0.5) is 57.4 Å². The van der Waals surface area contributed by atoms with Gasteiger partial charge in [0.2, 0.25) is 11.8 Å². The third kappa shape index (κ3) is 11.5.